The topological polar surface area (TPSA) is 86.5 Å². The van der Waals surface area contributed by atoms with E-state index in [4.69, 9.17) is 16.3 Å². The summed E-state index contributed by atoms with van der Waals surface area (Å²) in [6.07, 6.45) is 5.39. The van der Waals surface area contributed by atoms with Crippen LogP contribution in [0, 0.1) is 20.8 Å². The number of aryl methyl sites for hydroxylation is 2. The number of carbonyl (C=O) groups excluding carboxylic acids is 1. The number of nitrogens with zero attached hydrogens (tertiary/aromatic N) is 1. The van der Waals surface area contributed by atoms with E-state index in [1.165, 1.54) is 0 Å². The highest BCUT2D eigenvalue weighted by Gasteiger charge is 2.38. The molecule has 2 aliphatic rings. The molecule has 1 saturated heterocycles. The number of halogens is 1. The highest BCUT2D eigenvalue weighted by molar-refractivity contribution is 6.31. The van der Waals surface area contributed by atoms with Crippen LogP contribution < -0.4 is 16.2 Å². The fraction of sp³-hybridized carbons (Fsp3) is 0.571. The van der Waals surface area contributed by atoms with Crippen molar-refractivity contribution in [3.05, 3.63) is 61.5 Å². The Balaban J connectivity index is 1.47. The Labute approximate surface area is 218 Å². The van der Waals surface area contributed by atoms with Crippen LogP contribution in [0.5, 0.6) is 0 Å². The van der Waals surface area contributed by atoms with Crippen molar-refractivity contribution in [3.63, 3.8) is 0 Å². The Bertz CT molecular complexity index is 1170. The average molecular weight is 515 g/mol. The molecule has 196 valence electrons. The second-order valence-electron chi connectivity index (χ2n) is 10.6. The van der Waals surface area contributed by atoms with Gasteiger partial charge >= 0.3 is 0 Å². The minimum atomic E-state index is -0.240. The van der Waals surface area contributed by atoms with Crippen molar-refractivity contribution in [2.45, 2.75) is 84.0 Å². The fourth-order valence-electron chi connectivity index (χ4n) is 5.58. The van der Waals surface area contributed by atoms with E-state index in [2.05, 4.69) is 34.5 Å². The third kappa shape index (κ3) is 5.63. The van der Waals surface area contributed by atoms with E-state index in [0.29, 0.717) is 28.2 Å². The van der Waals surface area contributed by atoms with E-state index in [-0.39, 0.29) is 23.6 Å². The van der Waals surface area contributed by atoms with Gasteiger partial charge in [-0.15, -0.1) is 0 Å². The molecule has 1 aromatic carbocycles. The summed E-state index contributed by atoms with van der Waals surface area (Å²) in [6.45, 7) is 9.76. The van der Waals surface area contributed by atoms with Crippen molar-refractivity contribution >= 4 is 23.2 Å². The summed E-state index contributed by atoms with van der Waals surface area (Å²) in [5.74, 6) is -0.240. The van der Waals surface area contributed by atoms with Crippen molar-refractivity contribution in [1.29, 1.82) is 0 Å². The molecule has 36 heavy (non-hydrogen) atoms. The lowest BCUT2D eigenvalue weighted by molar-refractivity contribution is -0.0751. The molecule has 1 saturated carbocycles. The molecule has 1 aromatic heterocycles. The quantitative estimate of drug-likeness (QED) is 0.474. The molecule has 4 rings (SSSR count). The number of benzene rings is 1. The van der Waals surface area contributed by atoms with E-state index in [1.54, 1.807) is 6.07 Å². The third-order valence-corrected chi connectivity index (χ3v) is 8.52. The third-order valence-electron chi connectivity index (χ3n) is 8.30. The van der Waals surface area contributed by atoms with Gasteiger partial charge in [0.1, 0.15) is 0 Å². The first-order chi connectivity index (χ1) is 17.1. The lowest BCUT2D eigenvalue weighted by Crippen LogP contribution is -2.54. The molecule has 0 radical (unpaired) electrons. The molecule has 1 amide bonds. The van der Waals surface area contributed by atoms with Gasteiger partial charge in [0, 0.05) is 45.7 Å². The number of carbonyl (C=O) groups is 1. The second kappa shape index (κ2) is 11.0. The largest absolute Gasteiger partial charge is 0.379 e. The smallest absolute Gasteiger partial charge is 0.253 e. The molecule has 1 aliphatic carbocycles. The normalized spacial score (nSPS) is 22.4. The van der Waals surface area contributed by atoms with Crippen LogP contribution in [0.2, 0.25) is 5.02 Å². The molecule has 8 heteroatoms. The highest BCUT2D eigenvalue weighted by atomic mass is 35.5. The first-order valence-corrected chi connectivity index (χ1v) is 13.4. The van der Waals surface area contributed by atoms with Gasteiger partial charge in [0.2, 0.25) is 0 Å². The lowest BCUT2D eigenvalue weighted by Gasteiger charge is -2.47. The van der Waals surface area contributed by atoms with Gasteiger partial charge in [-0.3, -0.25) is 14.5 Å². The van der Waals surface area contributed by atoms with Gasteiger partial charge < -0.3 is 20.4 Å². The monoisotopic (exact) mass is 514 g/mol. The number of H-pyrrole nitrogens is 1. The Morgan fingerprint density at radius 3 is 2.44 bits per heavy atom. The van der Waals surface area contributed by atoms with Gasteiger partial charge in [-0.1, -0.05) is 18.5 Å². The maximum atomic E-state index is 13.2. The van der Waals surface area contributed by atoms with Gasteiger partial charge in [-0.2, -0.15) is 0 Å². The molecule has 0 spiro atoms. The van der Waals surface area contributed by atoms with Crippen LogP contribution >= 0.6 is 11.6 Å². The molecule has 2 fully saturated rings. The number of nitrogens with one attached hydrogen (secondary N) is 3. The molecule has 7 nitrogen and oxygen atoms in total. The lowest BCUT2D eigenvalue weighted by atomic mass is 9.76. The van der Waals surface area contributed by atoms with Crippen LogP contribution in [-0.4, -0.2) is 53.7 Å². The number of rotatable bonds is 8. The Hall–Kier alpha value is -2.35. The highest BCUT2D eigenvalue weighted by Crippen LogP contribution is 2.38. The Morgan fingerprint density at radius 1 is 1.17 bits per heavy atom. The predicted molar refractivity (Wildman–Crippen MR) is 145 cm³/mol. The zero-order chi connectivity index (χ0) is 26.0. The average Bonchev–Trinajstić information content (AvgIpc) is 2.79. The fourth-order valence-corrected chi connectivity index (χ4v) is 5.80. The summed E-state index contributed by atoms with van der Waals surface area (Å²) in [7, 11) is 2.22. The van der Waals surface area contributed by atoms with Crippen LogP contribution in [0.25, 0.3) is 0 Å². The summed E-state index contributed by atoms with van der Waals surface area (Å²) in [6, 6.07) is 6.66. The van der Waals surface area contributed by atoms with Crippen molar-refractivity contribution in [3.8, 4) is 0 Å². The first kappa shape index (κ1) is 26.7. The second-order valence-corrected chi connectivity index (χ2v) is 11.0. The molecular weight excluding hydrogens is 476 g/mol. The number of aromatic amines is 1. The van der Waals surface area contributed by atoms with Crippen LogP contribution in [-0.2, 0) is 11.3 Å². The summed E-state index contributed by atoms with van der Waals surface area (Å²) in [5, 5.41) is 7.23. The van der Waals surface area contributed by atoms with Crippen LogP contribution in [0.1, 0.15) is 71.8 Å². The molecule has 2 aromatic rings. The molecule has 2 heterocycles. The zero-order valence-corrected chi connectivity index (χ0v) is 22.8. The van der Waals surface area contributed by atoms with E-state index in [9.17, 15) is 9.59 Å². The number of aromatic nitrogens is 1. The maximum Gasteiger partial charge on any atom is 0.253 e. The molecular formula is C28H39ClN4O3. The van der Waals surface area contributed by atoms with Gasteiger partial charge in [0.25, 0.3) is 11.5 Å². The zero-order valence-electron chi connectivity index (χ0n) is 22.1. The standard InChI is InChI=1S/C28H39ClN4O3/c1-6-28(9-7-21(8-10-28)33(5)22-15-36-16-22)32-25-13-20(29)12-23(19(25)4)26(34)30-14-24-17(2)11-18(3)31-27(24)35/h11-13,21-22,32H,6-10,14-16H2,1-5H3,(H,30,34)(H,31,35). The maximum absolute atomic E-state index is 13.2. The molecule has 0 atom stereocenters. The van der Waals surface area contributed by atoms with Crippen LogP contribution in [0.4, 0.5) is 5.69 Å². The number of amides is 1. The van der Waals surface area contributed by atoms with Crippen molar-refractivity contribution < 1.29 is 9.53 Å². The molecule has 0 bridgehead atoms. The van der Waals surface area contributed by atoms with E-state index >= 15 is 0 Å². The summed E-state index contributed by atoms with van der Waals surface area (Å²) >= 11 is 6.49. The van der Waals surface area contributed by atoms with Crippen molar-refractivity contribution in [1.82, 2.24) is 15.2 Å². The minimum absolute atomic E-state index is 0.0249. The van der Waals surface area contributed by atoms with E-state index < -0.39 is 0 Å². The van der Waals surface area contributed by atoms with Gasteiger partial charge in [0.15, 0.2) is 0 Å². The predicted octanol–water partition coefficient (Wildman–Crippen LogP) is 4.72. The van der Waals surface area contributed by atoms with Crippen molar-refractivity contribution in [2.24, 2.45) is 0 Å². The summed E-state index contributed by atoms with van der Waals surface area (Å²) in [5.41, 5.74) is 4.32. The SMILES string of the molecule is CCC1(Nc2cc(Cl)cc(C(=O)NCc3c(C)cc(C)[nH]c3=O)c2C)CCC(N(C)C2COC2)CC1. The van der Waals surface area contributed by atoms with Crippen LogP contribution in [0.3, 0.4) is 0 Å². The van der Waals surface area contributed by atoms with Crippen molar-refractivity contribution in [2.75, 3.05) is 25.6 Å². The van der Waals surface area contributed by atoms with E-state index in [1.807, 2.05) is 32.9 Å². The molecule has 3 N–H and O–H groups in total. The number of pyridine rings is 1. The number of likely N-dealkylation sites (N-methyl/N-ethyl adjacent to an activating group) is 1. The van der Waals surface area contributed by atoms with Gasteiger partial charge in [0.05, 0.1) is 19.3 Å². The first-order valence-electron chi connectivity index (χ1n) is 13.0. The number of anilines is 1. The number of ether oxygens (including phenoxy) is 1. The Morgan fingerprint density at radius 2 is 1.86 bits per heavy atom. The van der Waals surface area contributed by atoms with Crippen LogP contribution in [0.15, 0.2) is 23.0 Å². The summed E-state index contributed by atoms with van der Waals surface area (Å²) in [4.78, 5) is 30.8. The number of hydrogen-bond acceptors (Lipinski definition) is 5. The van der Waals surface area contributed by atoms with Gasteiger partial charge in [-0.25, -0.2) is 0 Å². The number of hydrogen-bond donors (Lipinski definition) is 3. The summed E-state index contributed by atoms with van der Waals surface area (Å²) < 4.78 is 5.39. The minimum Gasteiger partial charge on any atom is -0.379 e. The Kier molecular flexibility index (Phi) is 8.12. The molecule has 1 aliphatic heterocycles. The van der Waals surface area contributed by atoms with Gasteiger partial charge in [-0.05, 0) is 89.2 Å². The van der Waals surface area contributed by atoms with E-state index in [0.717, 1.165) is 67.8 Å². The molecule has 0 unspecified atom stereocenters.